The molecule has 0 aliphatic rings. The SMILES string of the molecule is CCCC[Si](OCC)(OCC)C(C)[Si](CCCC)(OCC)OCC. The molecule has 24 heavy (non-hydrogen) atoms. The average molecular weight is 379 g/mol. The Hall–Kier alpha value is 0.274. The van der Waals surface area contributed by atoms with Crippen LogP contribution in [0.4, 0.5) is 0 Å². The maximum Gasteiger partial charge on any atom is 0.342 e. The molecule has 0 spiro atoms. The van der Waals surface area contributed by atoms with Crippen LogP contribution in [0.25, 0.3) is 0 Å². The second kappa shape index (κ2) is 13.5. The highest BCUT2D eigenvalue weighted by molar-refractivity contribution is 6.88. The molecular weight excluding hydrogens is 336 g/mol. The molecule has 0 heterocycles. The number of hydrogen-bond donors (Lipinski definition) is 0. The summed E-state index contributed by atoms with van der Waals surface area (Å²) in [6.07, 6.45) is 4.61. The van der Waals surface area contributed by atoms with Crippen LogP contribution in [0.2, 0.25) is 17.3 Å². The summed E-state index contributed by atoms with van der Waals surface area (Å²) < 4.78 is 25.6. The van der Waals surface area contributed by atoms with Crippen LogP contribution >= 0.6 is 0 Å². The fourth-order valence-corrected chi connectivity index (χ4v) is 14.3. The summed E-state index contributed by atoms with van der Waals surface area (Å²) >= 11 is 0. The highest BCUT2D eigenvalue weighted by Crippen LogP contribution is 2.41. The van der Waals surface area contributed by atoms with E-state index >= 15 is 0 Å². The Kier molecular flexibility index (Phi) is 13.6. The van der Waals surface area contributed by atoms with Gasteiger partial charge in [-0.3, -0.25) is 0 Å². The van der Waals surface area contributed by atoms with E-state index in [1.165, 1.54) is 0 Å². The molecule has 0 aromatic carbocycles. The molecule has 0 fully saturated rings. The van der Waals surface area contributed by atoms with Crippen LogP contribution in [-0.4, -0.2) is 43.5 Å². The van der Waals surface area contributed by atoms with Gasteiger partial charge in [0, 0.05) is 31.6 Å². The van der Waals surface area contributed by atoms with Crippen molar-refractivity contribution < 1.29 is 17.7 Å². The van der Waals surface area contributed by atoms with Crippen LogP contribution in [0, 0.1) is 0 Å². The van der Waals surface area contributed by atoms with E-state index in [1.54, 1.807) is 0 Å². The molecule has 4 nitrogen and oxygen atoms in total. The van der Waals surface area contributed by atoms with Gasteiger partial charge in [0.1, 0.15) is 0 Å². The highest BCUT2D eigenvalue weighted by Gasteiger charge is 2.57. The van der Waals surface area contributed by atoms with Gasteiger partial charge in [0.2, 0.25) is 0 Å². The topological polar surface area (TPSA) is 36.9 Å². The quantitative estimate of drug-likeness (QED) is 0.330. The maximum atomic E-state index is 6.40. The first-order chi connectivity index (χ1) is 11.5. The number of hydrogen-bond acceptors (Lipinski definition) is 4. The molecule has 0 saturated carbocycles. The van der Waals surface area contributed by atoms with Crippen molar-refractivity contribution in [1.82, 2.24) is 0 Å². The summed E-state index contributed by atoms with van der Waals surface area (Å²) in [4.78, 5) is 0. The summed E-state index contributed by atoms with van der Waals surface area (Å²) in [7, 11) is -4.74. The highest BCUT2D eigenvalue weighted by atomic mass is 28.4. The molecule has 0 aliphatic heterocycles. The van der Waals surface area contributed by atoms with Crippen LogP contribution in [0.1, 0.15) is 74.1 Å². The van der Waals surface area contributed by atoms with Crippen molar-refractivity contribution in [1.29, 1.82) is 0 Å². The first kappa shape index (κ1) is 24.3. The number of unbranched alkanes of at least 4 members (excludes halogenated alkanes) is 2. The van der Waals surface area contributed by atoms with Gasteiger partial charge in [0.15, 0.2) is 0 Å². The van der Waals surface area contributed by atoms with Gasteiger partial charge in [-0.25, -0.2) is 0 Å². The Morgan fingerprint density at radius 3 is 1.08 bits per heavy atom. The zero-order chi connectivity index (χ0) is 18.5. The van der Waals surface area contributed by atoms with Crippen LogP contribution in [-0.2, 0) is 17.7 Å². The molecule has 0 unspecified atom stereocenters. The van der Waals surface area contributed by atoms with Gasteiger partial charge in [-0.05, 0) is 39.8 Å². The molecule has 0 aromatic heterocycles. The lowest BCUT2D eigenvalue weighted by Gasteiger charge is -2.44. The van der Waals surface area contributed by atoms with E-state index < -0.39 is 17.1 Å². The van der Waals surface area contributed by atoms with E-state index in [9.17, 15) is 0 Å². The minimum Gasteiger partial charge on any atom is -0.394 e. The average Bonchev–Trinajstić information content (AvgIpc) is 2.57. The van der Waals surface area contributed by atoms with Crippen LogP contribution in [0.15, 0.2) is 0 Å². The van der Waals surface area contributed by atoms with E-state index in [-0.39, 0.29) is 5.16 Å². The van der Waals surface area contributed by atoms with Gasteiger partial charge in [0.05, 0.1) is 0 Å². The van der Waals surface area contributed by atoms with Gasteiger partial charge >= 0.3 is 17.1 Å². The summed E-state index contributed by atoms with van der Waals surface area (Å²) in [6, 6.07) is 2.07. The van der Waals surface area contributed by atoms with E-state index in [2.05, 4.69) is 48.5 Å². The van der Waals surface area contributed by atoms with Crippen molar-refractivity contribution in [2.75, 3.05) is 26.4 Å². The second-order valence-corrected chi connectivity index (χ2v) is 14.0. The molecule has 0 bridgehead atoms. The molecule has 0 N–H and O–H groups in total. The molecule has 146 valence electrons. The third-order valence-electron chi connectivity index (χ3n) is 4.63. The van der Waals surface area contributed by atoms with Crippen molar-refractivity contribution in [2.24, 2.45) is 0 Å². The van der Waals surface area contributed by atoms with Gasteiger partial charge in [0.25, 0.3) is 0 Å². The van der Waals surface area contributed by atoms with Crippen LogP contribution in [0.3, 0.4) is 0 Å². The summed E-state index contributed by atoms with van der Waals surface area (Å²) in [5.41, 5.74) is 0. The fraction of sp³-hybridized carbons (Fsp3) is 1.00. The maximum absolute atomic E-state index is 6.40. The van der Waals surface area contributed by atoms with E-state index in [0.717, 1.165) is 37.8 Å². The van der Waals surface area contributed by atoms with Gasteiger partial charge in [-0.1, -0.05) is 46.5 Å². The summed E-state index contributed by atoms with van der Waals surface area (Å²) in [6.45, 7) is 17.9. The largest absolute Gasteiger partial charge is 0.394 e. The van der Waals surface area contributed by atoms with E-state index in [0.29, 0.717) is 26.4 Å². The predicted molar refractivity (Wildman–Crippen MR) is 107 cm³/mol. The molecule has 0 saturated heterocycles. The zero-order valence-corrected chi connectivity index (χ0v) is 19.3. The van der Waals surface area contributed by atoms with E-state index in [1.807, 2.05) is 0 Å². The standard InChI is InChI=1S/C18H42O4Si2/c1-8-14-16-23(19-10-3,20-11-4)18(7)24(21-12-5,22-13-6)17-15-9-2/h18H,8-17H2,1-7H3. The fourth-order valence-electron chi connectivity index (χ4n) is 3.46. The van der Waals surface area contributed by atoms with Crippen LogP contribution in [0.5, 0.6) is 0 Å². The lowest BCUT2D eigenvalue weighted by atomic mass is 10.4. The molecule has 0 amide bonds. The van der Waals surface area contributed by atoms with Crippen molar-refractivity contribution in [3.05, 3.63) is 0 Å². The normalized spacial score (nSPS) is 13.0. The Balaban J connectivity index is 5.74. The van der Waals surface area contributed by atoms with E-state index in [4.69, 9.17) is 17.7 Å². The number of rotatable bonds is 16. The molecule has 0 aliphatic carbocycles. The third kappa shape index (κ3) is 6.88. The Bertz CT molecular complexity index is 263. The Morgan fingerprint density at radius 1 is 0.583 bits per heavy atom. The second-order valence-electron chi connectivity index (χ2n) is 6.28. The first-order valence-electron chi connectivity index (χ1n) is 10.1. The monoisotopic (exact) mass is 378 g/mol. The van der Waals surface area contributed by atoms with Crippen LogP contribution < -0.4 is 0 Å². The molecular formula is C18H42O4Si2. The minimum atomic E-state index is -2.37. The zero-order valence-electron chi connectivity index (χ0n) is 17.3. The Morgan fingerprint density at radius 2 is 0.875 bits per heavy atom. The van der Waals surface area contributed by atoms with Crippen molar-refractivity contribution in [3.8, 4) is 0 Å². The minimum absolute atomic E-state index is 0.267. The molecule has 0 radical (unpaired) electrons. The lowest BCUT2D eigenvalue weighted by Crippen LogP contribution is -2.60. The van der Waals surface area contributed by atoms with Crippen molar-refractivity contribution in [2.45, 2.75) is 91.4 Å². The summed E-state index contributed by atoms with van der Waals surface area (Å²) in [5, 5.41) is 0.267. The Labute approximate surface area is 153 Å². The summed E-state index contributed by atoms with van der Waals surface area (Å²) in [5.74, 6) is 0. The molecule has 6 heteroatoms. The third-order valence-corrected chi connectivity index (χ3v) is 15.1. The molecule has 0 rings (SSSR count). The first-order valence-corrected chi connectivity index (χ1v) is 14.3. The van der Waals surface area contributed by atoms with Crippen molar-refractivity contribution >= 4 is 17.1 Å². The van der Waals surface area contributed by atoms with Crippen molar-refractivity contribution in [3.63, 3.8) is 0 Å². The molecule has 0 atom stereocenters. The lowest BCUT2D eigenvalue weighted by molar-refractivity contribution is 0.148. The smallest absolute Gasteiger partial charge is 0.342 e. The van der Waals surface area contributed by atoms with Gasteiger partial charge in [-0.15, -0.1) is 0 Å². The molecule has 0 aromatic rings. The predicted octanol–water partition coefficient (Wildman–Crippen LogP) is 5.55. The van der Waals surface area contributed by atoms with Gasteiger partial charge < -0.3 is 17.7 Å². The van der Waals surface area contributed by atoms with Gasteiger partial charge in [-0.2, -0.15) is 0 Å².